The monoisotopic (exact) mass is 257 g/mol. The van der Waals surface area contributed by atoms with E-state index in [1.54, 1.807) is 18.5 Å². The van der Waals surface area contributed by atoms with E-state index in [0.717, 1.165) is 6.07 Å². The molecule has 1 aromatic heterocycles. The van der Waals surface area contributed by atoms with Crippen molar-refractivity contribution in [2.45, 2.75) is 12.5 Å². The second-order valence-corrected chi connectivity index (χ2v) is 3.67. The van der Waals surface area contributed by atoms with Gasteiger partial charge in [0.2, 0.25) is 0 Å². The normalized spacial score (nSPS) is 13.3. The maximum absolute atomic E-state index is 12.1. The van der Waals surface area contributed by atoms with E-state index in [4.69, 9.17) is 0 Å². The third-order valence-electron chi connectivity index (χ3n) is 2.35. The molecular weight excluding hydrogens is 247 g/mol. The van der Waals surface area contributed by atoms with Crippen molar-refractivity contribution in [3.63, 3.8) is 0 Å². The predicted molar refractivity (Wildman–Crippen MR) is 58.0 cm³/mol. The highest BCUT2D eigenvalue weighted by molar-refractivity contribution is 5.34. The molecule has 18 heavy (non-hydrogen) atoms. The zero-order chi connectivity index (χ0) is 13.2. The van der Waals surface area contributed by atoms with Gasteiger partial charge in [0, 0.05) is 18.0 Å². The van der Waals surface area contributed by atoms with Crippen molar-refractivity contribution < 1.29 is 23.0 Å². The summed E-state index contributed by atoms with van der Waals surface area (Å²) in [7, 11) is 0. The summed E-state index contributed by atoms with van der Waals surface area (Å²) in [6.45, 7) is 0. The van der Waals surface area contributed by atoms with Crippen molar-refractivity contribution in [2.24, 2.45) is 0 Å². The molecule has 2 rings (SSSR count). The molecule has 1 heterocycles. The van der Waals surface area contributed by atoms with Gasteiger partial charge in [-0.1, -0.05) is 12.1 Å². The van der Waals surface area contributed by atoms with Crippen LogP contribution in [0.25, 0.3) is 0 Å². The summed E-state index contributed by atoms with van der Waals surface area (Å²) in [5.41, 5.74) is 0.899. The van der Waals surface area contributed by atoms with Crippen molar-refractivity contribution in [2.75, 3.05) is 0 Å². The van der Waals surface area contributed by atoms with Gasteiger partial charge in [-0.05, 0) is 23.8 Å². The number of benzene rings is 1. The lowest BCUT2D eigenvalue weighted by Crippen LogP contribution is -2.17. The van der Waals surface area contributed by atoms with Crippen LogP contribution in [0, 0.1) is 0 Å². The summed E-state index contributed by atoms with van der Waals surface area (Å²) in [4.78, 5) is 2.76. The van der Waals surface area contributed by atoms with Crippen LogP contribution in [-0.4, -0.2) is 16.5 Å². The van der Waals surface area contributed by atoms with Crippen LogP contribution in [0.4, 0.5) is 13.2 Å². The molecule has 0 saturated carbocycles. The van der Waals surface area contributed by atoms with Gasteiger partial charge in [0.1, 0.15) is 11.9 Å². The van der Waals surface area contributed by atoms with Crippen molar-refractivity contribution in [1.29, 1.82) is 0 Å². The molecule has 6 heteroatoms. The van der Waals surface area contributed by atoms with Gasteiger partial charge in [-0.15, -0.1) is 13.2 Å². The lowest BCUT2D eigenvalue weighted by molar-refractivity contribution is -0.274. The fourth-order valence-corrected chi connectivity index (χ4v) is 1.58. The van der Waals surface area contributed by atoms with Crippen molar-refractivity contribution in [3.8, 4) is 5.75 Å². The van der Waals surface area contributed by atoms with E-state index in [9.17, 15) is 18.3 Å². The molecule has 0 bridgehead atoms. The molecule has 0 saturated heterocycles. The van der Waals surface area contributed by atoms with E-state index in [1.807, 2.05) is 0 Å². The van der Waals surface area contributed by atoms with Gasteiger partial charge in [-0.3, -0.25) is 0 Å². The number of alkyl halides is 3. The summed E-state index contributed by atoms with van der Waals surface area (Å²) in [5.74, 6) is -0.352. The average molecular weight is 257 g/mol. The van der Waals surface area contributed by atoms with Gasteiger partial charge in [0.15, 0.2) is 0 Å². The molecule has 0 fully saturated rings. The molecule has 0 amide bonds. The van der Waals surface area contributed by atoms with E-state index in [1.165, 1.54) is 18.2 Å². The Hall–Kier alpha value is -1.95. The molecule has 1 atom stereocenters. The van der Waals surface area contributed by atoms with Crippen molar-refractivity contribution in [1.82, 2.24) is 4.98 Å². The van der Waals surface area contributed by atoms with Gasteiger partial charge < -0.3 is 14.8 Å². The number of ether oxygens (including phenoxy) is 1. The zero-order valence-electron chi connectivity index (χ0n) is 9.11. The number of hydrogen-bond donors (Lipinski definition) is 2. The van der Waals surface area contributed by atoms with Gasteiger partial charge >= 0.3 is 6.36 Å². The zero-order valence-corrected chi connectivity index (χ0v) is 9.11. The quantitative estimate of drug-likeness (QED) is 0.887. The molecule has 0 aliphatic rings. The summed E-state index contributed by atoms with van der Waals surface area (Å²) in [5, 5.41) is 9.95. The standard InChI is InChI=1S/C12H10F3NO2/c13-12(14,15)18-10-3-1-2-8(6-10)11(17)9-4-5-16-7-9/h1-7,11,16-17H. The number of aliphatic hydroxyl groups excluding tert-OH is 1. The molecule has 96 valence electrons. The molecule has 2 N–H and O–H groups in total. The first kappa shape index (κ1) is 12.5. The van der Waals surface area contributed by atoms with Crippen molar-refractivity contribution >= 4 is 0 Å². The van der Waals surface area contributed by atoms with E-state index in [2.05, 4.69) is 9.72 Å². The molecule has 1 aromatic carbocycles. The number of H-pyrrole nitrogens is 1. The predicted octanol–water partition coefficient (Wildman–Crippen LogP) is 3.00. The minimum absolute atomic E-state index is 0.330. The molecule has 0 spiro atoms. The third-order valence-corrected chi connectivity index (χ3v) is 2.35. The van der Waals surface area contributed by atoms with Crippen LogP contribution in [0.5, 0.6) is 5.75 Å². The lowest BCUT2D eigenvalue weighted by atomic mass is 10.0. The van der Waals surface area contributed by atoms with Crippen molar-refractivity contribution in [3.05, 3.63) is 53.9 Å². The Kier molecular flexibility index (Phi) is 3.29. The molecule has 3 nitrogen and oxygen atoms in total. The van der Waals surface area contributed by atoms with Gasteiger partial charge in [-0.25, -0.2) is 0 Å². The Balaban J connectivity index is 2.22. The number of nitrogens with one attached hydrogen (secondary N) is 1. The smallest absolute Gasteiger partial charge is 0.406 e. The van der Waals surface area contributed by atoms with Crippen LogP contribution in [0.2, 0.25) is 0 Å². The first-order valence-electron chi connectivity index (χ1n) is 5.12. The summed E-state index contributed by atoms with van der Waals surface area (Å²) in [6, 6.07) is 6.90. The maximum atomic E-state index is 12.1. The first-order valence-corrected chi connectivity index (χ1v) is 5.12. The lowest BCUT2D eigenvalue weighted by Gasteiger charge is -2.13. The van der Waals surface area contributed by atoms with Crippen LogP contribution in [0.3, 0.4) is 0 Å². The van der Waals surface area contributed by atoms with Crippen LogP contribution in [0.1, 0.15) is 17.2 Å². The number of aromatic amines is 1. The van der Waals surface area contributed by atoms with E-state index in [-0.39, 0.29) is 5.75 Å². The van der Waals surface area contributed by atoms with Gasteiger partial charge in [0.05, 0.1) is 0 Å². The number of aromatic nitrogens is 1. The fourth-order valence-electron chi connectivity index (χ4n) is 1.58. The molecule has 0 aliphatic carbocycles. The highest BCUT2D eigenvalue weighted by Crippen LogP contribution is 2.28. The molecular formula is C12H10F3NO2. The number of halogens is 3. The highest BCUT2D eigenvalue weighted by Gasteiger charge is 2.31. The molecule has 0 aliphatic heterocycles. The van der Waals surface area contributed by atoms with Crippen LogP contribution < -0.4 is 4.74 Å². The Morgan fingerprint density at radius 3 is 2.56 bits per heavy atom. The summed E-state index contributed by atoms with van der Waals surface area (Å²) >= 11 is 0. The SMILES string of the molecule is OC(c1cc[nH]c1)c1cccc(OC(F)(F)F)c1. The van der Waals surface area contributed by atoms with Crippen LogP contribution in [0.15, 0.2) is 42.7 Å². The first-order chi connectivity index (χ1) is 8.46. The summed E-state index contributed by atoms with van der Waals surface area (Å²) < 4.78 is 40.0. The van der Waals surface area contributed by atoms with Gasteiger partial charge in [0.25, 0.3) is 0 Å². The van der Waals surface area contributed by atoms with E-state index in [0.29, 0.717) is 11.1 Å². The third kappa shape index (κ3) is 3.04. The number of rotatable bonds is 3. The number of hydrogen-bond acceptors (Lipinski definition) is 2. The fraction of sp³-hybridized carbons (Fsp3) is 0.167. The number of aliphatic hydroxyl groups is 1. The second-order valence-electron chi connectivity index (χ2n) is 3.67. The van der Waals surface area contributed by atoms with Gasteiger partial charge in [-0.2, -0.15) is 0 Å². The Bertz CT molecular complexity index is 508. The second kappa shape index (κ2) is 4.73. The Morgan fingerprint density at radius 2 is 1.94 bits per heavy atom. The van der Waals surface area contributed by atoms with Crippen LogP contribution >= 0.6 is 0 Å². The average Bonchev–Trinajstić information content (AvgIpc) is 2.79. The topological polar surface area (TPSA) is 45.2 Å². The van der Waals surface area contributed by atoms with E-state index >= 15 is 0 Å². The molecule has 2 aromatic rings. The summed E-state index contributed by atoms with van der Waals surface area (Å²) in [6.07, 6.45) is -2.54. The van der Waals surface area contributed by atoms with Crippen LogP contribution in [-0.2, 0) is 0 Å². The molecule has 0 radical (unpaired) electrons. The highest BCUT2D eigenvalue weighted by atomic mass is 19.4. The Labute approximate surface area is 101 Å². The maximum Gasteiger partial charge on any atom is 0.573 e. The van der Waals surface area contributed by atoms with E-state index < -0.39 is 12.5 Å². The minimum atomic E-state index is -4.74. The largest absolute Gasteiger partial charge is 0.573 e. The molecule has 1 unspecified atom stereocenters. The Morgan fingerprint density at radius 1 is 1.17 bits per heavy atom. The minimum Gasteiger partial charge on any atom is -0.406 e.